The predicted octanol–water partition coefficient (Wildman–Crippen LogP) is 1.79. The van der Waals surface area contributed by atoms with E-state index >= 15 is 0 Å². The molecule has 1 aromatic carbocycles. The summed E-state index contributed by atoms with van der Waals surface area (Å²) in [6, 6.07) is 4.10. The number of nitrogens with two attached hydrogens (primary N) is 1. The molecule has 14 heteroatoms. The third kappa shape index (κ3) is 5.07. The topological polar surface area (TPSA) is 147 Å². The number of piperidine rings is 1. The molecular weight excluding hydrogens is 479 g/mol. The normalized spacial score (nSPS) is 17.1. The number of nitrogens with one attached hydrogen (secondary N) is 1. The van der Waals surface area contributed by atoms with E-state index in [0.29, 0.717) is 36.6 Å². The van der Waals surface area contributed by atoms with Gasteiger partial charge in [0.2, 0.25) is 0 Å². The second-order valence-electron chi connectivity index (χ2n) is 5.85. The van der Waals surface area contributed by atoms with E-state index in [1.54, 1.807) is 0 Å². The van der Waals surface area contributed by atoms with Crippen molar-refractivity contribution in [2.45, 2.75) is 23.1 Å². The summed E-state index contributed by atoms with van der Waals surface area (Å²) in [6.07, 6.45) is 1.13. The van der Waals surface area contributed by atoms with Crippen LogP contribution in [0.15, 0.2) is 37.3 Å². The van der Waals surface area contributed by atoms with Crippen LogP contribution in [0.5, 0.6) is 0 Å². The number of amidine groups is 1. The lowest BCUT2D eigenvalue weighted by Crippen LogP contribution is -2.42. The number of aliphatic imine (C=N–C) groups is 1. The van der Waals surface area contributed by atoms with Crippen LogP contribution < -0.4 is 10.6 Å². The van der Waals surface area contributed by atoms with Gasteiger partial charge in [0.25, 0.3) is 10.2 Å². The number of hydroxylamine groups is 1. The number of hydrogen-bond acceptors (Lipinski definition) is 8. The first kappa shape index (κ1) is 21.1. The van der Waals surface area contributed by atoms with Crippen molar-refractivity contribution in [2.75, 3.05) is 13.1 Å². The van der Waals surface area contributed by atoms with Crippen molar-refractivity contribution in [3.63, 3.8) is 0 Å². The summed E-state index contributed by atoms with van der Waals surface area (Å²) in [7, 11) is -3.69. The quantitative estimate of drug-likeness (QED) is 0.323. The molecule has 0 amide bonds. The van der Waals surface area contributed by atoms with Crippen LogP contribution in [0.4, 0.5) is 10.1 Å². The minimum atomic E-state index is -3.69. The molecule has 1 saturated heterocycles. The Hall–Kier alpha value is -1.58. The van der Waals surface area contributed by atoms with E-state index in [-0.39, 0.29) is 21.3 Å². The smallest absolute Gasteiger partial charge is 0.276 e. The molecule has 28 heavy (non-hydrogen) atoms. The lowest BCUT2D eigenvalue weighted by molar-refractivity contribution is 0.234. The monoisotopic (exact) mass is 494 g/mol. The molecule has 0 aliphatic carbocycles. The largest absolute Gasteiger partial charge is 0.290 e. The zero-order valence-corrected chi connectivity index (χ0v) is 17.5. The Labute approximate surface area is 172 Å². The molecular formula is C14H16BrFN6O4S2. The number of nitrogens with zero attached hydrogens (tertiary/aromatic N) is 4. The van der Waals surface area contributed by atoms with Gasteiger partial charge in [0.05, 0.1) is 10.2 Å². The van der Waals surface area contributed by atoms with E-state index in [1.165, 1.54) is 34.3 Å². The van der Waals surface area contributed by atoms with E-state index in [1.807, 2.05) is 5.48 Å². The Balaban J connectivity index is 1.75. The fraction of sp³-hybridized carbons (Fsp3) is 0.357. The van der Waals surface area contributed by atoms with E-state index in [0.717, 1.165) is 0 Å². The SMILES string of the molecule is NS(=O)(=O)N1CCC(Sc2nonc2C(=Nc2ccc(F)c(Br)c2)NO)CC1. The zero-order valence-electron chi connectivity index (χ0n) is 14.2. The minimum Gasteiger partial charge on any atom is -0.290 e. The van der Waals surface area contributed by atoms with Crippen LogP contribution in [-0.4, -0.2) is 52.4 Å². The van der Waals surface area contributed by atoms with E-state index in [2.05, 4.69) is 31.2 Å². The molecule has 0 atom stereocenters. The molecule has 1 aliphatic heterocycles. The maximum absolute atomic E-state index is 13.4. The maximum atomic E-state index is 13.4. The van der Waals surface area contributed by atoms with Gasteiger partial charge in [-0.25, -0.2) is 19.2 Å². The molecule has 0 saturated carbocycles. The first-order valence-electron chi connectivity index (χ1n) is 7.99. The number of thioether (sulfide) groups is 1. The van der Waals surface area contributed by atoms with E-state index in [9.17, 15) is 18.0 Å². The molecule has 4 N–H and O–H groups in total. The van der Waals surface area contributed by atoms with Crippen LogP contribution in [0.25, 0.3) is 0 Å². The van der Waals surface area contributed by atoms with Crippen LogP contribution in [-0.2, 0) is 10.2 Å². The molecule has 10 nitrogen and oxygen atoms in total. The van der Waals surface area contributed by atoms with Gasteiger partial charge in [-0.05, 0) is 57.3 Å². The number of rotatable bonds is 5. The minimum absolute atomic E-state index is 0.0239. The highest BCUT2D eigenvalue weighted by Crippen LogP contribution is 2.32. The third-order valence-electron chi connectivity index (χ3n) is 3.97. The molecule has 152 valence electrons. The number of halogens is 2. The fourth-order valence-corrected chi connectivity index (χ4v) is 4.75. The Morgan fingerprint density at radius 3 is 2.75 bits per heavy atom. The number of benzene rings is 1. The second-order valence-corrected chi connectivity index (χ2v) is 9.54. The van der Waals surface area contributed by atoms with Crippen molar-refractivity contribution < 1.29 is 22.6 Å². The number of hydrogen-bond donors (Lipinski definition) is 3. The van der Waals surface area contributed by atoms with Gasteiger partial charge >= 0.3 is 0 Å². The van der Waals surface area contributed by atoms with Gasteiger partial charge in [-0.2, -0.15) is 12.7 Å². The average molecular weight is 495 g/mol. The molecule has 0 unspecified atom stereocenters. The van der Waals surface area contributed by atoms with Crippen LogP contribution in [0.1, 0.15) is 18.5 Å². The Morgan fingerprint density at radius 1 is 1.43 bits per heavy atom. The van der Waals surface area contributed by atoms with Crippen LogP contribution >= 0.6 is 27.7 Å². The zero-order chi connectivity index (χ0) is 20.3. The summed E-state index contributed by atoms with van der Waals surface area (Å²) in [5.74, 6) is -0.466. The second kappa shape index (κ2) is 8.84. The van der Waals surface area contributed by atoms with Crippen LogP contribution in [0.3, 0.4) is 0 Å². The Morgan fingerprint density at radius 2 is 2.14 bits per heavy atom. The fourth-order valence-electron chi connectivity index (χ4n) is 2.58. The molecule has 1 aromatic heterocycles. The van der Waals surface area contributed by atoms with Crippen LogP contribution in [0, 0.1) is 5.82 Å². The summed E-state index contributed by atoms with van der Waals surface area (Å²) in [6.45, 7) is 0.611. The Kier molecular flexibility index (Phi) is 6.67. The van der Waals surface area contributed by atoms with Gasteiger partial charge in [-0.3, -0.25) is 10.7 Å². The number of aromatic nitrogens is 2. The van der Waals surface area contributed by atoms with Gasteiger partial charge in [0.15, 0.2) is 16.6 Å². The third-order valence-corrected chi connectivity index (χ3v) is 6.96. The van der Waals surface area contributed by atoms with Crippen molar-refractivity contribution in [1.29, 1.82) is 0 Å². The molecule has 1 aliphatic rings. The van der Waals surface area contributed by atoms with Gasteiger partial charge in [-0.15, -0.1) is 0 Å². The molecule has 0 bridgehead atoms. The lowest BCUT2D eigenvalue weighted by atomic mass is 10.2. The first-order chi connectivity index (χ1) is 13.3. The van der Waals surface area contributed by atoms with Gasteiger partial charge < -0.3 is 0 Å². The highest BCUT2D eigenvalue weighted by atomic mass is 79.9. The molecule has 2 heterocycles. The van der Waals surface area contributed by atoms with Gasteiger partial charge in [-0.1, -0.05) is 11.8 Å². The summed E-state index contributed by atoms with van der Waals surface area (Å²) in [5, 5.41) is 22.7. The van der Waals surface area contributed by atoms with Crippen LogP contribution in [0.2, 0.25) is 0 Å². The molecule has 3 rings (SSSR count). The summed E-state index contributed by atoms with van der Waals surface area (Å²) < 4.78 is 42.4. The molecule has 1 fully saturated rings. The van der Waals surface area contributed by atoms with Crippen molar-refractivity contribution >= 4 is 49.4 Å². The van der Waals surface area contributed by atoms with Crippen molar-refractivity contribution in [3.05, 3.63) is 34.2 Å². The molecule has 0 radical (unpaired) electrons. The standard InChI is InChI=1S/C14H16BrFN6O4S2/c15-10-7-8(1-2-11(10)16)18-13(19-23)12-14(21-26-20-12)27-9-3-5-22(6-4-9)28(17,24)25/h1-2,7,9,23H,3-6H2,(H,18,19)(H2,17,24,25). The maximum Gasteiger partial charge on any atom is 0.276 e. The van der Waals surface area contributed by atoms with Gasteiger partial charge in [0, 0.05) is 18.3 Å². The molecule has 2 aromatic rings. The van der Waals surface area contributed by atoms with E-state index < -0.39 is 16.0 Å². The first-order valence-corrected chi connectivity index (χ1v) is 11.2. The predicted molar refractivity (Wildman–Crippen MR) is 103 cm³/mol. The van der Waals surface area contributed by atoms with Crippen molar-refractivity contribution in [3.8, 4) is 0 Å². The highest BCUT2D eigenvalue weighted by molar-refractivity contribution is 9.10. The average Bonchev–Trinajstić information content (AvgIpc) is 3.10. The van der Waals surface area contributed by atoms with Gasteiger partial charge in [0.1, 0.15) is 5.82 Å². The molecule has 0 spiro atoms. The summed E-state index contributed by atoms with van der Waals surface area (Å²) >= 11 is 4.41. The lowest BCUT2D eigenvalue weighted by Gasteiger charge is -2.28. The Bertz CT molecular complexity index is 978. The van der Waals surface area contributed by atoms with Crippen molar-refractivity contribution in [1.82, 2.24) is 20.1 Å². The van der Waals surface area contributed by atoms with Crippen molar-refractivity contribution in [2.24, 2.45) is 10.1 Å². The summed E-state index contributed by atoms with van der Waals surface area (Å²) in [4.78, 5) is 4.20. The van der Waals surface area contributed by atoms with E-state index in [4.69, 9.17) is 9.77 Å². The highest BCUT2D eigenvalue weighted by Gasteiger charge is 2.28. The summed E-state index contributed by atoms with van der Waals surface area (Å²) in [5.41, 5.74) is 2.50.